The lowest BCUT2D eigenvalue weighted by Crippen LogP contribution is -1.89. The van der Waals surface area contributed by atoms with Crippen molar-refractivity contribution in [2.75, 3.05) is 12.4 Å². The second-order valence-corrected chi connectivity index (χ2v) is 6.57. The third kappa shape index (κ3) is 3.97. The molecule has 0 aliphatic rings. The van der Waals surface area contributed by atoms with Crippen LogP contribution >= 0.6 is 23.1 Å². The van der Waals surface area contributed by atoms with Crippen molar-refractivity contribution >= 4 is 33.9 Å². The van der Waals surface area contributed by atoms with E-state index >= 15 is 0 Å². The van der Waals surface area contributed by atoms with Gasteiger partial charge < -0.3 is 10.1 Å². The molecule has 0 fully saturated rings. The summed E-state index contributed by atoms with van der Waals surface area (Å²) in [6.07, 6.45) is 1.54. The number of pyridine rings is 1. The predicted octanol–water partition coefficient (Wildman–Crippen LogP) is 3.71. The lowest BCUT2D eigenvalue weighted by Gasteiger charge is -2.03. The SMILES string of the molecule is COc1ccc(Nc2nnc(Sc3ccc(C#N)cn3)s2)cc1. The van der Waals surface area contributed by atoms with Crippen LogP contribution in [0, 0.1) is 11.3 Å². The van der Waals surface area contributed by atoms with E-state index in [2.05, 4.69) is 20.5 Å². The third-order valence-electron chi connectivity index (χ3n) is 2.81. The largest absolute Gasteiger partial charge is 0.497 e. The number of nitrogens with one attached hydrogen (secondary N) is 1. The molecule has 23 heavy (non-hydrogen) atoms. The molecule has 1 N–H and O–H groups in total. The highest BCUT2D eigenvalue weighted by atomic mass is 32.2. The Bertz CT molecular complexity index is 824. The molecule has 3 aromatic rings. The van der Waals surface area contributed by atoms with Crippen LogP contribution in [0.5, 0.6) is 5.75 Å². The zero-order valence-corrected chi connectivity index (χ0v) is 13.7. The maximum atomic E-state index is 8.76. The minimum Gasteiger partial charge on any atom is -0.497 e. The molecule has 0 unspecified atom stereocenters. The minimum atomic E-state index is 0.536. The summed E-state index contributed by atoms with van der Waals surface area (Å²) >= 11 is 2.84. The van der Waals surface area contributed by atoms with E-state index in [1.165, 1.54) is 23.1 Å². The molecule has 0 bridgehead atoms. The number of hydrogen-bond acceptors (Lipinski definition) is 8. The van der Waals surface area contributed by atoms with E-state index in [9.17, 15) is 0 Å². The summed E-state index contributed by atoms with van der Waals surface area (Å²) in [6, 6.07) is 13.1. The molecule has 2 aromatic heterocycles. The van der Waals surface area contributed by atoms with Gasteiger partial charge in [-0.1, -0.05) is 11.3 Å². The fraction of sp³-hybridized carbons (Fsp3) is 0.0667. The standard InChI is InChI=1S/C15H11N5OS2/c1-21-12-5-3-11(4-6-12)18-14-19-20-15(23-14)22-13-7-2-10(8-16)9-17-13/h2-7,9H,1H3,(H,18,19). The van der Waals surface area contributed by atoms with E-state index in [1.807, 2.05) is 30.3 Å². The van der Waals surface area contributed by atoms with E-state index in [4.69, 9.17) is 10.00 Å². The fourth-order valence-electron chi connectivity index (χ4n) is 1.70. The van der Waals surface area contributed by atoms with Crippen LogP contribution in [-0.2, 0) is 0 Å². The highest BCUT2D eigenvalue weighted by Gasteiger charge is 2.07. The van der Waals surface area contributed by atoms with Gasteiger partial charge in [0.05, 0.1) is 12.7 Å². The first-order valence-electron chi connectivity index (χ1n) is 6.55. The van der Waals surface area contributed by atoms with Crippen molar-refractivity contribution < 1.29 is 4.74 Å². The van der Waals surface area contributed by atoms with E-state index in [0.717, 1.165) is 20.8 Å². The number of nitrogens with zero attached hydrogens (tertiary/aromatic N) is 4. The van der Waals surface area contributed by atoms with Gasteiger partial charge >= 0.3 is 0 Å². The zero-order valence-electron chi connectivity index (χ0n) is 12.1. The predicted molar refractivity (Wildman–Crippen MR) is 89.3 cm³/mol. The Morgan fingerprint density at radius 3 is 2.65 bits per heavy atom. The molecule has 0 aliphatic carbocycles. The lowest BCUT2D eigenvalue weighted by atomic mass is 10.3. The molecule has 0 aliphatic heterocycles. The molecule has 0 saturated carbocycles. The number of rotatable bonds is 5. The van der Waals surface area contributed by atoms with Gasteiger partial charge in [-0.3, -0.25) is 0 Å². The van der Waals surface area contributed by atoms with Gasteiger partial charge in [0.1, 0.15) is 16.8 Å². The summed E-state index contributed by atoms with van der Waals surface area (Å²) in [4.78, 5) is 4.20. The second kappa shape index (κ2) is 7.09. The first-order chi connectivity index (χ1) is 11.3. The van der Waals surface area contributed by atoms with Gasteiger partial charge in [0, 0.05) is 11.9 Å². The summed E-state index contributed by atoms with van der Waals surface area (Å²) in [5.41, 5.74) is 1.45. The number of benzene rings is 1. The van der Waals surface area contributed by atoms with Crippen molar-refractivity contribution in [1.29, 1.82) is 5.26 Å². The highest BCUT2D eigenvalue weighted by molar-refractivity contribution is 8.01. The van der Waals surface area contributed by atoms with Crippen molar-refractivity contribution in [3.05, 3.63) is 48.2 Å². The molecule has 3 rings (SSSR count). The molecule has 6 nitrogen and oxygen atoms in total. The highest BCUT2D eigenvalue weighted by Crippen LogP contribution is 2.32. The van der Waals surface area contributed by atoms with Crippen LogP contribution in [0.15, 0.2) is 52.0 Å². The van der Waals surface area contributed by atoms with Gasteiger partial charge in [0.15, 0.2) is 4.34 Å². The number of hydrogen-bond donors (Lipinski definition) is 1. The van der Waals surface area contributed by atoms with Gasteiger partial charge in [0.25, 0.3) is 0 Å². The number of nitriles is 1. The molecule has 8 heteroatoms. The van der Waals surface area contributed by atoms with Crippen molar-refractivity contribution in [3.63, 3.8) is 0 Å². The van der Waals surface area contributed by atoms with Crippen molar-refractivity contribution in [2.45, 2.75) is 9.37 Å². The average Bonchev–Trinajstić information content (AvgIpc) is 3.03. The van der Waals surface area contributed by atoms with Crippen molar-refractivity contribution in [1.82, 2.24) is 15.2 Å². The average molecular weight is 341 g/mol. The molecule has 0 amide bonds. The Hall–Kier alpha value is -2.63. The molecule has 2 heterocycles. The second-order valence-electron chi connectivity index (χ2n) is 4.33. The maximum absolute atomic E-state index is 8.76. The van der Waals surface area contributed by atoms with Crippen LogP contribution in [0.2, 0.25) is 0 Å². The van der Waals surface area contributed by atoms with Gasteiger partial charge in [-0.2, -0.15) is 5.26 Å². The first kappa shape index (κ1) is 15.3. The van der Waals surface area contributed by atoms with E-state index in [1.54, 1.807) is 25.4 Å². The van der Waals surface area contributed by atoms with E-state index in [0.29, 0.717) is 10.7 Å². The van der Waals surface area contributed by atoms with Crippen LogP contribution in [-0.4, -0.2) is 22.3 Å². The smallest absolute Gasteiger partial charge is 0.210 e. The Kier molecular flexibility index (Phi) is 4.71. The number of anilines is 2. The van der Waals surface area contributed by atoms with Gasteiger partial charge in [0.2, 0.25) is 5.13 Å². The van der Waals surface area contributed by atoms with Crippen LogP contribution in [0.4, 0.5) is 10.8 Å². The molecule has 114 valence electrons. The Balaban J connectivity index is 1.66. The molecule has 0 radical (unpaired) electrons. The maximum Gasteiger partial charge on any atom is 0.210 e. The summed E-state index contributed by atoms with van der Waals surface area (Å²) in [5, 5.41) is 21.7. The van der Waals surface area contributed by atoms with Crippen LogP contribution in [0.1, 0.15) is 5.56 Å². The van der Waals surface area contributed by atoms with Crippen LogP contribution < -0.4 is 10.1 Å². The molecule has 0 saturated heterocycles. The summed E-state index contributed by atoms with van der Waals surface area (Å²) in [5.74, 6) is 0.802. The van der Waals surface area contributed by atoms with Gasteiger partial charge in [-0.25, -0.2) is 4.98 Å². The number of ether oxygens (including phenoxy) is 1. The Morgan fingerprint density at radius 1 is 1.17 bits per heavy atom. The Labute approximate surface area is 141 Å². The molecular weight excluding hydrogens is 330 g/mol. The van der Waals surface area contributed by atoms with E-state index < -0.39 is 0 Å². The Morgan fingerprint density at radius 2 is 2.00 bits per heavy atom. The fourth-order valence-corrected chi connectivity index (χ4v) is 3.35. The molecule has 1 aromatic carbocycles. The monoisotopic (exact) mass is 341 g/mol. The minimum absolute atomic E-state index is 0.536. The molecular formula is C15H11N5OS2. The third-order valence-corrected chi connectivity index (χ3v) is 4.65. The normalized spacial score (nSPS) is 10.1. The number of aromatic nitrogens is 3. The quantitative estimate of drug-likeness (QED) is 0.757. The first-order valence-corrected chi connectivity index (χ1v) is 8.19. The van der Waals surface area contributed by atoms with Crippen LogP contribution in [0.25, 0.3) is 0 Å². The molecule has 0 spiro atoms. The zero-order chi connectivity index (χ0) is 16.1. The number of methoxy groups -OCH3 is 1. The lowest BCUT2D eigenvalue weighted by molar-refractivity contribution is 0.415. The summed E-state index contributed by atoms with van der Waals surface area (Å²) in [7, 11) is 1.63. The summed E-state index contributed by atoms with van der Waals surface area (Å²) < 4.78 is 5.90. The van der Waals surface area contributed by atoms with Gasteiger partial charge in [-0.15, -0.1) is 10.2 Å². The van der Waals surface area contributed by atoms with Gasteiger partial charge in [-0.05, 0) is 48.2 Å². The molecule has 0 atom stereocenters. The topological polar surface area (TPSA) is 83.7 Å². The van der Waals surface area contributed by atoms with Crippen LogP contribution in [0.3, 0.4) is 0 Å². The van der Waals surface area contributed by atoms with E-state index in [-0.39, 0.29) is 0 Å². The summed E-state index contributed by atoms with van der Waals surface area (Å²) in [6.45, 7) is 0. The van der Waals surface area contributed by atoms with Crippen molar-refractivity contribution in [2.24, 2.45) is 0 Å². The van der Waals surface area contributed by atoms with Crippen molar-refractivity contribution in [3.8, 4) is 11.8 Å².